The maximum atomic E-state index is 12.6. The average molecular weight is 427 g/mol. The van der Waals surface area contributed by atoms with Crippen LogP contribution in [0.15, 0.2) is 30.5 Å². The van der Waals surface area contributed by atoms with Crippen LogP contribution in [0.25, 0.3) is 0 Å². The fraction of sp³-hybridized carbons (Fsp3) is 0.278. The highest BCUT2D eigenvalue weighted by Crippen LogP contribution is 2.25. The summed E-state index contributed by atoms with van der Waals surface area (Å²) < 4.78 is 3.25. The minimum Gasteiger partial charge on any atom is -0.306 e. The first-order chi connectivity index (χ1) is 12.8. The monoisotopic (exact) mass is 425 g/mol. The molecule has 0 spiro atoms. The van der Waals surface area contributed by atoms with Crippen molar-refractivity contribution in [3.05, 3.63) is 62.5 Å². The van der Waals surface area contributed by atoms with Gasteiger partial charge in [-0.05, 0) is 38.5 Å². The van der Waals surface area contributed by atoms with Gasteiger partial charge in [0.1, 0.15) is 11.1 Å². The maximum absolute atomic E-state index is 12.6. The van der Waals surface area contributed by atoms with E-state index >= 15 is 0 Å². The van der Waals surface area contributed by atoms with Crippen LogP contribution in [0.2, 0.25) is 15.1 Å². The molecule has 0 aliphatic carbocycles. The van der Waals surface area contributed by atoms with Gasteiger partial charge in [0.25, 0.3) is 0 Å². The smallest absolute Gasteiger partial charge is 0.250 e. The lowest BCUT2D eigenvalue weighted by Gasteiger charge is -2.13. The summed E-state index contributed by atoms with van der Waals surface area (Å²) in [5, 5.41) is 13.0. The van der Waals surface area contributed by atoms with E-state index in [-0.39, 0.29) is 5.91 Å². The molecule has 1 amide bonds. The number of rotatable bonds is 5. The van der Waals surface area contributed by atoms with Crippen LogP contribution in [0.3, 0.4) is 0 Å². The second kappa shape index (κ2) is 7.92. The number of nitrogens with one attached hydrogen (secondary N) is 1. The number of nitrogens with zero attached hydrogens (tertiary/aromatic N) is 4. The molecule has 0 saturated carbocycles. The van der Waals surface area contributed by atoms with Gasteiger partial charge in [-0.25, -0.2) is 0 Å². The zero-order valence-corrected chi connectivity index (χ0v) is 17.3. The van der Waals surface area contributed by atoms with E-state index in [2.05, 4.69) is 15.5 Å². The highest BCUT2D eigenvalue weighted by Gasteiger charge is 2.22. The largest absolute Gasteiger partial charge is 0.306 e. The molecule has 3 rings (SSSR count). The number of aryl methyl sites for hydroxylation is 1. The highest BCUT2D eigenvalue weighted by molar-refractivity contribution is 6.33. The third-order valence-electron chi connectivity index (χ3n) is 4.20. The van der Waals surface area contributed by atoms with E-state index in [0.29, 0.717) is 33.1 Å². The number of benzene rings is 1. The summed E-state index contributed by atoms with van der Waals surface area (Å²) in [6.45, 7) is 5.87. The molecule has 1 unspecified atom stereocenters. The van der Waals surface area contributed by atoms with Gasteiger partial charge in [0.15, 0.2) is 5.82 Å². The van der Waals surface area contributed by atoms with Crippen molar-refractivity contribution in [2.75, 3.05) is 5.32 Å². The normalized spacial score (nSPS) is 12.2. The van der Waals surface area contributed by atoms with Crippen LogP contribution >= 0.6 is 34.8 Å². The molecule has 9 heteroatoms. The van der Waals surface area contributed by atoms with Gasteiger partial charge < -0.3 is 5.32 Å². The Bertz CT molecular complexity index is 978. The van der Waals surface area contributed by atoms with E-state index in [1.54, 1.807) is 29.4 Å². The number of hydrogen-bond acceptors (Lipinski definition) is 3. The van der Waals surface area contributed by atoms with Gasteiger partial charge in [0.05, 0.1) is 23.0 Å². The molecule has 142 valence electrons. The first kappa shape index (κ1) is 19.7. The van der Waals surface area contributed by atoms with Crippen LogP contribution in [0.5, 0.6) is 0 Å². The topological polar surface area (TPSA) is 64.7 Å². The first-order valence-electron chi connectivity index (χ1n) is 8.25. The van der Waals surface area contributed by atoms with Crippen LogP contribution in [0, 0.1) is 13.8 Å². The Labute approximate surface area is 172 Å². The zero-order chi connectivity index (χ0) is 19.7. The van der Waals surface area contributed by atoms with Crippen LogP contribution in [0.4, 0.5) is 5.82 Å². The molecule has 3 aromatic rings. The van der Waals surface area contributed by atoms with Crippen molar-refractivity contribution in [1.82, 2.24) is 19.6 Å². The van der Waals surface area contributed by atoms with E-state index in [4.69, 9.17) is 34.8 Å². The second-order valence-corrected chi connectivity index (χ2v) is 7.47. The van der Waals surface area contributed by atoms with E-state index in [0.717, 1.165) is 11.3 Å². The van der Waals surface area contributed by atoms with Crippen molar-refractivity contribution in [2.45, 2.75) is 33.4 Å². The van der Waals surface area contributed by atoms with Crippen LogP contribution in [-0.4, -0.2) is 25.5 Å². The molecule has 6 nitrogen and oxygen atoms in total. The molecule has 0 aliphatic heterocycles. The predicted molar refractivity (Wildman–Crippen MR) is 108 cm³/mol. The summed E-state index contributed by atoms with van der Waals surface area (Å²) in [5.41, 5.74) is 2.43. The van der Waals surface area contributed by atoms with Crippen molar-refractivity contribution < 1.29 is 4.79 Å². The van der Waals surface area contributed by atoms with Gasteiger partial charge in [0.2, 0.25) is 5.91 Å². The van der Waals surface area contributed by atoms with Crippen molar-refractivity contribution >= 4 is 46.5 Å². The number of carbonyl (C=O) groups is 1. The van der Waals surface area contributed by atoms with Gasteiger partial charge in [-0.15, -0.1) is 0 Å². The van der Waals surface area contributed by atoms with Gasteiger partial charge in [-0.2, -0.15) is 10.2 Å². The molecule has 2 aromatic heterocycles. The van der Waals surface area contributed by atoms with E-state index in [1.807, 2.05) is 31.2 Å². The number of aromatic nitrogens is 4. The molecule has 27 heavy (non-hydrogen) atoms. The minimum atomic E-state index is -0.561. The molecule has 1 aromatic carbocycles. The Morgan fingerprint density at radius 1 is 1.15 bits per heavy atom. The molecule has 1 atom stereocenters. The number of halogens is 3. The summed E-state index contributed by atoms with van der Waals surface area (Å²) >= 11 is 18.3. The first-order valence-corrected chi connectivity index (χ1v) is 9.39. The summed E-state index contributed by atoms with van der Waals surface area (Å²) in [5.74, 6) is 0.0195. The lowest BCUT2D eigenvalue weighted by molar-refractivity contribution is -0.119. The Balaban J connectivity index is 1.73. The lowest BCUT2D eigenvalue weighted by Crippen LogP contribution is -2.25. The Hall–Kier alpha value is -2.02. The molecule has 2 heterocycles. The van der Waals surface area contributed by atoms with Gasteiger partial charge in [0, 0.05) is 11.2 Å². The number of hydrogen-bond donors (Lipinski definition) is 1. The van der Waals surface area contributed by atoms with Crippen molar-refractivity contribution in [2.24, 2.45) is 0 Å². The summed E-state index contributed by atoms with van der Waals surface area (Å²) in [7, 11) is 0. The predicted octanol–water partition coefficient (Wildman–Crippen LogP) is 4.90. The average Bonchev–Trinajstić information content (AvgIpc) is 3.10. The number of anilines is 1. The van der Waals surface area contributed by atoms with Crippen molar-refractivity contribution in [1.29, 1.82) is 0 Å². The van der Waals surface area contributed by atoms with Gasteiger partial charge in [-0.1, -0.05) is 46.9 Å². The van der Waals surface area contributed by atoms with E-state index < -0.39 is 6.04 Å². The van der Waals surface area contributed by atoms with Crippen molar-refractivity contribution in [3.8, 4) is 0 Å². The summed E-state index contributed by atoms with van der Waals surface area (Å²) in [6, 6.07) is 6.88. The molecule has 0 bridgehead atoms. The van der Waals surface area contributed by atoms with E-state index in [1.165, 1.54) is 0 Å². The van der Waals surface area contributed by atoms with Crippen LogP contribution < -0.4 is 5.32 Å². The highest BCUT2D eigenvalue weighted by atomic mass is 35.5. The van der Waals surface area contributed by atoms with E-state index in [9.17, 15) is 4.79 Å². The number of carbonyl (C=O) groups excluding carboxylic acids is 1. The lowest BCUT2D eigenvalue weighted by atomic mass is 10.2. The standard InChI is InChI=1S/C18H18Cl3N5O/c1-10-16(21)11(2)26(23-10)12(3)18(27)22-17-15(20)9-25(24-17)8-13-4-6-14(19)7-5-13/h4-7,9,12H,8H2,1-3H3,(H,22,24,27). The zero-order valence-electron chi connectivity index (χ0n) is 15.0. The van der Waals surface area contributed by atoms with Gasteiger partial charge in [-0.3, -0.25) is 14.2 Å². The van der Waals surface area contributed by atoms with Crippen LogP contribution in [-0.2, 0) is 11.3 Å². The van der Waals surface area contributed by atoms with Crippen LogP contribution in [0.1, 0.15) is 29.9 Å². The van der Waals surface area contributed by atoms with Crippen molar-refractivity contribution in [3.63, 3.8) is 0 Å². The third kappa shape index (κ3) is 4.29. The Morgan fingerprint density at radius 2 is 1.81 bits per heavy atom. The minimum absolute atomic E-state index is 0.282. The third-order valence-corrected chi connectivity index (χ3v) is 5.28. The van der Waals surface area contributed by atoms with Gasteiger partial charge >= 0.3 is 0 Å². The maximum Gasteiger partial charge on any atom is 0.250 e. The quantitative estimate of drug-likeness (QED) is 0.631. The number of amides is 1. The second-order valence-electron chi connectivity index (χ2n) is 6.24. The molecule has 0 aliphatic rings. The molecular weight excluding hydrogens is 409 g/mol. The molecular formula is C18H18Cl3N5O. The summed E-state index contributed by atoms with van der Waals surface area (Å²) in [4.78, 5) is 12.6. The summed E-state index contributed by atoms with van der Waals surface area (Å²) in [6.07, 6.45) is 1.66. The SMILES string of the molecule is Cc1nn(C(C)C(=O)Nc2nn(Cc3ccc(Cl)cc3)cc2Cl)c(C)c1Cl. The molecule has 0 radical (unpaired) electrons. The Kier molecular flexibility index (Phi) is 5.79. The molecule has 0 saturated heterocycles. The fourth-order valence-electron chi connectivity index (χ4n) is 2.69. The molecule has 1 N–H and O–H groups in total. The molecule has 0 fully saturated rings. The Morgan fingerprint density at radius 3 is 2.41 bits per heavy atom. The fourth-order valence-corrected chi connectivity index (χ4v) is 3.14.